The summed E-state index contributed by atoms with van der Waals surface area (Å²) in [6.07, 6.45) is 0. The van der Waals surface area contributed by atoms with Gasteiger partial charge in [-0.15, -0.1) is 0 Å². The second kappa shape index (κ2) is 8.08. The van der Waals surface area contributed by atoms with E-state index in [0.717, 1.165) is 4.90 Å². The van der Waals surface area contributed by atoms with Crippen LogP contribution in [0.1, 0.15) is 20.7 Å². The summed E-state index contributed by atoms with van der Waals surface area (Å²) in [6, 6.07) is 20.1. The van der Waals surface area contributed by atoms with E-state index >= 15 is 0 Å². The average Bonchev–Trinajstić information content (AvgIpc) is 3.03. The highest BCUT2D eigenvalue weighted by Gasteiger charge is 2.36. The van der Waals surface area contributed by atoms with Gasteiger partial charge in [0.05, 0.1) is 23.9 Å². The molecule has 3 amide bonds. The Balaban J connectivity index is 1.43. The lowest BCUT2D eigenvalue weighted by Crippen LogP contribution is -2.29. The molecule has 3 aromatic carbocycles. The second-order valence-electron chi connectivity index (χ2n) is 6.55. The van der Waals surface area contributed by atoms with Crippen LogP contribution < -0.4 is 19.7 Å². The Bertz CT molecular complexity index is 1090. The number of fused-ring (bicyclic) bond motifs is 1. The first-order chi connectivity index (χ1) is 14.6. The molecule has 0 radical (unpaired) electrons. The third kappa shape index (κ3) is 3.73. The summed E-state index contributed by atoms with van der Waals surface area (Å²) >= 11 is 0. The molecule has 0 saturated heterocycles. The van der Waals surface area contributed by atoms with E-state index in [2.05, 4.69) is 5.32 Å². The summed E-state index contributed by atoms with van der Waals surface area (Å²) < 4.78 is 10.5. The number of hydrogen-bond acceptors (Lipinski definition) is 5. The number of ether oxygens (including phenoxy) is 2. The highest BCUT2D eigenvalue weighted by atomic mass is 16.5. The number of anilines is 2. The third-order valence-electron chi connectivity index (χ3n) is 4.61. The van der Waals surface area contributed by atoms with E-state index in [-0.39, 0.29) is 24.3 Å². The molecule has 30 heavy (non-hydrogen) atoms. The molecule has 1 N–H and O–H groups in total. The first kappa shape index (κ1) is 19.2. The summed E-state index contributed by atoms with van der Waals surface area (Å²) in [6.45, 7) is -0.191. The monoisotopic (exact) mass is 402 g/mol. The number of carbonyl (C=O) groups excluding carboxylic acids is 3. The normalized spacial score (nSPS) is 12.5. The van der Waals surface area contributed by atoms with Crippen molar-refractivity contribution in [2.45, 2.75) is 0 Å². The van der Waals surface area contributed by atoms with E-state index in [0.29, 0.717) is 34.0 Å². The molecule has 150 valence electrons. The van der Waals surface area contributed by atoms with E-state index < -0.39 is 0 Å². The molecular weight excluding hydrogens is 384 g/mol. The molecule has 0 fully saturated rings. The molecule has 0 saturated carbocycles. The van der Waals surface area contributed by atoms with Gasteiger partial charge >= 0.3 is 0 Å². The topological polar surface area (TPSA) is 84.9 Å². The predicted octanol–water partition coefficient (Wildman–Crippen LogP) is 3.51. The Labute approximate surface area is 172 Å². The Kier molecular flexibility index (Phi) is 5.17. The molecule has 1 heterocycles. The minimum absolute atomic E-state index is 0.191. The van der Waals surface area contributed by atoms with Crippen LogP contribution in [0.4, 0.5) is 11.4 Å². The van der Waals surface area contributed by atoms with Gasteiger partial charge in [-0.05, 0) is 54.6 Å². The highest BCUT2D eigenvalue weighted by Crippen LogP contribution is 2.29. The fourth-order valence-corrected chi connectivity index (χ4v) is 3.16. The molecule has 1 aliphatic heterocycles. The number of nitrogens with zero attached hydrogens (tertiary/aromatic N) is 1. The number of hydrogen-bond donors (Lipinski definition) is 1. The lowest BCUT2D eigenvalue weighted by Gasteiger charge is -2.15. The molecule has 4 rings (SSSR count). The zero-order valence-corrected chi connectivity index (χ0v) is 16.1. The van der Waals surface area contributed by atoms with Gasteiger partial charge in [-0.25, -0.2) is 4.90 Å². The number of methoxy groups -OCH3 is 1. The van der Waals surface area contributed by atoms with Crippen molar-refractivity contribution in [2.75, 3.05) is 23.9 Å². The average molecular weight is 402 g/mol. The lowest BCUT2D eigenvalue weighted by molar-refractivity contribution is -0.118. The van der Waals surface area contributed by atoms with Gasteiger partial charge in [-0.1, -0.05) is 18.2 Å². The molecule has 1 aliphatic rings. The zero-order valence-electron chi connectivity index (χ0n) is 16.1. The van der Waals surface area contributed by atoms with Crippen molar-refractivity contribution in [3.05, 3.63) is 83.9 Å². The SMILES string of the molecule is COc1ccc(OCC(=O)Nc2cccc(N3C(=O)c4ccccc4C3=O)c2)cc1. The van der Waals surface area contributed by atoms with Crippen LogP contribution in [0, 0.1) is 0 Å². The minimum Gasteiger partial charge on any atom is -0.497 e. The molecule has 0 bridgehead atoms. The van der Waals surface area contributed by atoms with E-state index in [4.69, 9.17) is 9.47 Å². The van der Waals surface area contributed by atoms with Crippen LogP contribution >= 0.6 is 0 Å². The van der Waals surface area contributed by atoms with Gasteiger partial charge in [-0.3, -0.25) is 14.4 Å². The van der Waals surface area contributed by atoms with Crippen LogP contribution in [-0.2, 0) is 4.79 Å². The Morgan fingerprint density at radius 2 is 1.50 bits per heavy atom. The van der Waals surface area contributed by atoms with Crippen molar-refractivity contribution >= 4 is 29.1 Å². The molecule has 7 nitrogen and oxygen atoms in total. The van der Waals surface area contributed by atoms with Crippen molar-refractivity contribution in [1.82, 2.24) is 0 Å². The first-order valence-electron chi connectivity index (χ1n) is 9.21. The number of benzene rings is 3. The highest BCUT2D eigenvalue weighted by molar-refractivity contribution is 6.34. The molecule has 0 aliphatic carbocycles. The van der Waals surface area contributed by atoms with E-state index in [1.807, 2.05) is 0 Å². The van der Waals surface area contributed by atoms with Gasteiger partial charge in [0, 0.05) is 5.69 Å². The van der Waals surface area contributed by atoms with Crippen LogP contribution in [0.2, 0.25) is 0 Å². The van der Waals surface area contributed by atoms with Gasteiger partial charge in [0.2, 0.25) is 0 Å². The number of rotatable bonds is 6. The lowest BCUT2D eigenvalue weighted by atomic mass is 10.1. The van der Waals surface area contributed by atoms with Crippen molar-refractivity contribution in [1.29, 1.82) is 0 Å². The third-order valence-corrected chi connectivity index (χ3v) is 4.61. The van der Waals surface area contributed by atoms with Crippen LogP contribution in [0.15, 0.2) is 72.8 Å². The molecular formula is C23H18N2O5. The largest absolute Gasteiger partial charge is 0.497 e. The molecule has 7 heteroatoms. The smallest absolute Gasteiger partial charge is 0.266 e. The Hall–Kier alpha value is -4.13. The fourth-order valence-electron chi connectivity index (χ4n) is 3.16. The van der Waals surface area contributed by atoms with Crippen molar-refractivity contribution in [3.8, 4) is 11.5 Å². The summed E-state index contributed by atoms with van der Waals surface area (Å²) in [4.78, 5) is 38.6. The van der Waals surface area contributed by atoms with E-state index in [9.17, 15) is 14.4 Å². The van der Waals surface area contributed by atoms with Crippen LogP contribution in [0.3, 0.4) is 0 Å². The van der Waals surface area contributed by atoms with E-state index in [1.165, 1.54) is 0 Å². The number of carbonyl (C=O) groups is 3. The fraction of sp³-hybridized carbons (Fsp3) is 0.0870. The minimum atomic E-state index is -0.387. The summed E-state index contributed by atoms with van der Waals surface area (Å²) in [7, 11) is 1.57. The zero-order chi connectivity index (χ0) is 21.1. The maximum Gasteiger partial charge on any atom is 0.266 e. The van der Waals surface area contributed by atoms with Gasteiger partial charge in [0.15, 0.2) is 6.61 Å². The predicted molar refractivity (Wildman–Crippen MR) is 111 cm³/mol. The molecule has 0 unspecified atom stereocenters. The molecule has 0 spiro atoms. The number of imide groups is 1. The Morgan fingerprint density at radius 3 is 2.13 bits per heavy atom. The van der Waals surface area contributed by atoms with Crippen LogP contribution in [-0.4, -0.2) is 31.4 Å². The number of nitrogens with one attached hydrogen (secondary N) is 1. The molecule has 0 aromatic heterocycles. The first-order valence-corrected chi connectivity index (χ1v) is 9.21. The van der Waals surface area contributed by atoms with Crippen LogP contribution in [0.5, 0.6) is 11.5 Å². The summed E-state index contributed by atoms with van der Waals surface area (Å²) in [5.41, 5.74) is 1.57. The van der Waals surface area contributed by atoms with Gasteiger partial charge in [0.1, 0.15) is 11.5 Å². The van der Waals surface area contributed by atoms with Crippen molar-refractivity contribution in [3.63, 3.8) is 0 Å². The van der Waals surface area contributed by atoms with Gasteiger partial charge < -0.3 is 14.8 Å². The van der Waals surface area contributed by atoms with Crippen molar-refractivity contribution in [2.24, 2.45) is 0 Å². The van der Waals surface area contributed by atoms with E-state index in [1.54, 1.807) is 79.9 Å². The van der Waals surface area contributed by atoms with Gasteiger partial charge in [-0.2, -0.15) is 0 Å². The van der Waals surface area contributed by atoms with Crippen molar-refractivity contribution < 1.29 is 23.9 Å². The molecule has 3 aromatic rings. The maximum absolute atomic E-state index is 12.6. The maximum atomic E-state index is 12.6. The Morgan fingerprint density at radius 1 is 0.867 bits per heavy atom. The standard InChI is InChI=1S/C23H18N2O5/c1-29-17-9-11-18(12-10-17)30-14-21(26)24-15-5-4-6-16(13-15)25-22(27)19-7-2-3-8-20(19)23(25)28/h2-13H,14H2,1H3,(H,24,26). The molecule has 0 atom stereocenters. The van der Waals surface area contributed by atoms with Crippen LogP contribution in [0.25, 0.3) is 0 Å². The second-order valence-corrected chi connectivity index (χ2v) is 6.55. The summed E-state index contributed by atoms with van der Waals surface area (Å²) in [5.74, 6) is 0.0802. The quantitative estimate of drug-likeness (QED) is 0.638. The summed E-state index contributed by atoms with van der Waals surface area (Å²) in [5, 5.41) is 2.71. The van der Waals surface area contributed by atoms with Gasteiger partial charge in [0.25, 0.3) is 17.7 Å². The number of amides is 3.